The third-order valence-electron chi connectivity index (χ3n) is 5.74. The average molecular weight is 354 g/mol. The Morgan fingerprint density at radius 2 is 1.96 bits per heavy atom. The smallest absolute Gasteiger partial charge is 0.191 e. The third kappa shape index (κ3) is 6.76. The van der Waals surface area contributed by atoms with Gasteiger partial charge in [-0.25, -0.2) is 0 Å². The first-order valence-electron chi connectivity index (χ1n) is 10.1. The lowest BCUT2D eigenvalue weighted by Crippen LogP contribution is -2.55. The quantitative estimate of drug-likeness (QED) is 0.510. The van der Waals surface area contributed by atoms with E-state index in [1.165, 1.54) is 25.7 Å². The zero-order chi connectivity index (χ0) is 18.1. The lowest BCUT2D eigenvalue weighted by molar-refractivity contribution is 0.0169. The number of rotatable bonds is 8. The Bertz CT molecular complexity index is 397. The minimum Gasteiger partial charge on any atom is -0.378 e. The molecule has 0 bridgehead atoms. The highest BCUT2D eigenvalue weighted by Gasteiger charge is 2.25. The molecule has 0 spiro atoms. The van der Waals surface area contributed by atoms with Gasteiger partial charge in [0, 0.05) is 52.4 Å². The van der Waals surface area contributed by atoms with Crippen molar-refractivity contribution in [3.8, 4) is 0 Å². The molecule has 146 valence electrons. The second kappa shape index (κ2) is 11.0. The minimum atomic E-state index is 0.399. The molecule has 25 heavy (non-hydrogen) atoms. The molecule has 2 rings (SSSR count). The van der Waals surface area contributed by atoms with Crippen LogP contribution in [0.1, 0.15) is 39.0 Å². The fourth-order valence-corrected chi connectivity index (χ4v) is 4.09. The number of ether oxygens (including phenoxy) is 1. The summed E-state index contributed by atoms with van der Waals surface area (Å²) in [5.74, 6) is 1.66. The Labute approximate surface area is 154 Å². The van der Waals surface area contributed by atoms with Crippen LogP contribution in [0.5, 0.6) is 0 Å². The molecule has 6 nitrogen and oxygen atoms in total. The second-order valence-electron chi connectivity index (χ2n) is 7.60. The number of piperazine rings is 1. The molecule has 1 aliphatic carbocycles. The molecule has 0 aromatic carbocycles. The number of aliphatic imine (C=N–C) groups is 1. The molecule has 0 amide bonds. The second-order valence-corrected chi connectivity index (χ2v) is 7.60. The summed E-state index contributed by atoms with van der Waals surface area (Å²) in [5, 5.41) is 6.97. The molecule has 1 saturated heterocycles. The summed E-state index contributed by atoms with van der Waals surface area (Å²) in [4.78, 5) is 9.21. The summed E-state index contributed by atoms with van der Waals surface area (Å²) in [7, 11) is 6.26. The molecule has 6 heteroatoms. The summed E-state index contributed by atoms with van der Waals surface area (Å²) >= 11 is 0. The predicted octanol–water partition coefficient (Wildman–Crippen LogP) is 1.38. The average Bonchev–Trinajstić information content (AvgIpc) is 3.14. The van der Waals surface area contributed by atoms with Crippen LogP contribution in [0.2, 0.25) is 0 Å². The summed E-state index contributed by atoms with van der Waals surface area (Å²) in [6.07, 6.45) is 6.86. The Morgan fingerprint density at radius 1 is 1.20 bits per heavy atom. The topological polar surface area (TPSA) is 52.1 Å². The van der Waals surface area contributed by atoms with Gasteiger partial charge < -0.3 is 20.3 Å². The van der Waals surface area contributed by atoms with Crippen molar-refractivity contribution in [2.45, 2.75) is 51.2 Å². The van der Waals surface area contributed by atoms with Crippen LogP contribution in [0.15, 0.2) is 4.99 Å². The predicted molar refractivity (Wildman–Crippen MR) is 105 cm³/mol. The van der Waals surface area contributed by atoms with Gasteiger partial charge in [-0.3, -0.25) is 9.89 Å². The molecule has 0 radical (unpaired) electrons. The fourth-order valence-electron chi connectivity index (χ4n) is 4.09. The third-order valence-corrected chi connectivity index (χ3v) is 5.74. The van der Waals surface area contributed by atoms with E-state index in [0.717, 1.165) is 57.6 Å². The van der Waals surface area contributed by atoms with Crippen LogP contribution in [-0.2, 0) is 4.74 Å². The van der Waals surface area contributed by atoms with Crippen LogP contribution in [-0.4, -0.2) is 88.4 Å². The summed E-state index contributed by atoms with van der Waals surface area (Å²) in [6.45, 7) is 8.16. The van der Waals surface area contributed by atoms with Crippen molar-refractivity contribution in [1.29, 1.82) is 0 Å². The molecule has 1 heterocycles. The number of hydrogen-bond donors (Lipinski definition) is 2. The van der Waals surface area contributed by atoms with Gasteiger partial charge >= 0.3 is 0 Å². The molecule has 1 saturated carbocycles. The molecular weight excluding hydrogens is 314 g/mol. The van der Waals surface area contributed by atoms with E-state index in [4.69, 9.17) is 4.74 Å². The number of nitrogens with one attached hydrogen (secondary N) is 2. The lowest BCUT2D eigenvalue weighted by Gasteiger charge is -2.38. The Kier molecular flexibility index (Phi) is 8.99. The number of nitrogens with zero attached hydrogens (tertiary/aromatic N) is 3. The Balaban J connectivity index is 1.70. The standard InChI is InChI=1S/C19H39N5O/c1-5-25-18(16-8-6-7-9-16)10-11-21-19(20-2)22-14-17-15-23(3)12-13-24(17)4/h16-18H,5-15H2,1-4H3,(H2,20,21,22). The molecule has 0 aromatic heterocycles. The minimum absolute atomic E-state index is 0.399. The largest absolute Gasteiger partial charge is 0.378 e. The monoisotopic (exact) mass is 353 g/mol. The maximum absolute atomic E-state index is 6.01. The summed E-state index contributed by atoms with van der Waals surface area (Å²) < 4.78 is 6.01. The van der Waals surface area contributed by atoms with E-state index in [0.29, 0.717) is 12.1 Å². The first-order chi connectivity index (χ1) is 12.1. The van der Waals surface area contributed by atoms with Crippen molar-refractivity contribution in [3.05, 3.63) is 0 Å². The first kappa shape index (κ1) is 20.5. The van der Waals surface area contributed by atoms with Crippen LogP contribution in [0.3, 0.4) is 0 Å². The molecule has 2 fully saturated rings. The van der Waals surface area contributed by atoms with Crippen molar-refractivity contribution in [1.82, 2.24) is 20.4 Å². The van der Waals surface area contributed by atoms with E-state index in [1.807, 2.05) is 7.05 Å². The highest BCUT2D eigenvalue weighted by Crippen LogP contribution is 2.30. The van der Waals surface area contributed by atoms with Gasteiger partial charge in [-0.1, -0.05) is 12.8 Å². The van der Waals surface area contributed by atoms with Gasteiger partial charge in [-0.05, 0) is 46.2 Å². The van der Waals surface area contributed by atoms with Gasteiger partial charge in [0.05, 0.1) is 6.10 Å². The van der Waals surface area contributed by atoms with Crippen molar-refractivity contribution in [2.24, 2.45) is 10.9 Å². The molecule has 0 aromatic rings. The maximum Gasteiger partial charge on any atom is 0.191 e. The molecular formula is C19H39N5O. The Hall–Kier alpha value is -0.850. The van der Waals surface area contributed by atoms with Crippen LogP contribution in [0.25, 0.3) is 0 Å². The molecule has 2 atom stereocenters. The highest BCUT2D eigenvalue weighted by atomic mass is 16.5. The fraction of sp³-hybridized carbons (Fsp3) is 0.947. The van der Waals surface area contributed by atoms with Gasteiger partial charge in [0.2, 0.25) is 0 Å². The van der Waals surface area contributed by atoms with Crippen molar-refractivity contribution >= 4 is 5.96 Å². The van der Waals surface area contributed by atoms with Crippen LogP contribution < -0.4 is 10.6 Å². The number of likely N-dealkylation sites (N-methyl/N-ethyl adjacent to an activating group) is 2. The van der Waals surface area contributed by atoms with Crippen molar-refractivity contribution < 1.29 is 4.74 Å². The summed E-state index contributed by atoms with van der Waals surface area (Å²) in [5.41, 5.74) is 0. The van der Waals surface area contributed by atoms with E-state index in [9.17, 15) is 0 Å². The zero-order valence-electron chi connectivity index (χ0n) is 16.8. The van der Waals surface area contributed by atoms with Crippen LogP contribution >= 0.6 is 0 Å². The lowest BCUT2D eigenvalue weighted by atomic mass is 9.98. The van der Waals surface area contributed by atoms with Gasteiger partial charge in [0.25, 0.3) is 0 Å². The normalized spacial score (nSPS) is 25.3. The zero-order valence-corrected chi connectivity index (χ0v) is 16.8. The SMILES string of the molecule is CCOC(CCNC(=NC)NCC1CN(C)CCN1C)C1CCCC1. The maximum atomic E-state index is 6.01. The van der Waals surface area contributed by atoms with Crippen LogP contribution in [0.4, 0.5) is 0 Å². The van der Waals surface area contributed by atoms with Gasteiger partial charge in [0.15, 0.2) is 5.96 Å². The molecule has 2 aliphatic rings. The van der Waals surface area contributed by atoms with E-state index < -0.39 is 0 Å². The van der Waals surface area contributed by atoms with E-state index >= 15 is 0 Å². The van der Waals surface area contributed by atoms with E-state index in [2.05, 4.69) is 46.4 Å². The summed E-state index contributed by atoms with van der Waals surface area (Å²) in [6, 6.07) is 0.534. The highest BCUT2D eigenvalue weighted by molar-refractivity contribution is 5.79. The Morgan fingerprint density at radius 3 is 2.64 bits per heavy atom. The molecule has 2 unspecified atom stereocenters. The van der Waals surface area contributed by atoms with Gasteiger partial charge in [0.1, 0.15) is 0 Å². The first-order valence-corrected chi connectivity index (χ1v) is 10.1. The number of guanidine groups is 1. The van der Waals surface area contributed by atoms with E-state index in [-0.39, 0.29) is 0 Å². The van der Waals surface area contributed by atoms with Gasteiger partial charge in [-0.2, -0.15) is 0 Å². The number of hydrogen-bond acceptors (Lipinski definition) is 4. The van der Waals surface area contributed by atoms with Crippen molar-refractivity contribution in [2.75, 3.05) is 60.5 Å². The van der Waals surface area contributed by atoms with Crippen LogP contribution in [0, 0.1) is 5.92 Å². The molecule has 2 N–H and O–H groups in total. The molecule has 1 aliphatic heterocycles. The van der Waals surface area contributed by atoms with Crippen molar-refractivity contribution in [3.63, 3.8) is 0 Å². The van der Waals surface area contributed by atoms with Gasteiger partial charge in [-0.15, -0.1) is 0 Å². The van der Waals surface area contributed by atoms with E-state index in [1.54, 1.807) is 0 Å².